The molecule has 98 valence electrons. The van der Waals surface area contributed by atoms with Crippen LogP contribution in [0.5, 0.6) is 0 Å². The predicted molar refractivity (Wildman–Crippen MR) is 80.2 cm³/mol. The lowest BCUT2D eigenvalue weighted by Crippen LogP contribution is -2.01. The molecule has 20 heavy (non-hydrogen) atoms. The number of hydrogen-bond acceptors (Lipinski definition) is 3. The van der Waals surface area contributed by atoms with Crippen molar-refractivity contribution in [2.75, 3.05) is 5.73 Å². The van der Waals surface area contributed by atoms with Gasteiger partial charge in [0.25, 0.3) is 0 Å². The Morgan fingerprint density at radius 1 is 1.15 bits per heavy atom. The van der Waals surface area contributed by atoms with Gasteiger partial charge in [0, 0.05) is 5.02 Å². The van der Waals surface area contributed by atoms with Crippen molar-refractivity contribution in [3.8, 4) is 11.8 Å². The maximum atomic E-state index is 9.01. The lowest BCUT2D eigenvalue weighted by Gasteiger charge is -2.09. The fraction of sp³-hybridized carbons (Fsp3) is 0. The Hall–Kier alpha value is -2.22. The zero-order valence-corrected chi connectivity index (χ0v) is 11.7. The lowest BCUT2D eigenvalue weighted by molar-refractivity contribution is 1.11. The molecule has 0 aliphatic rings. The van der Waals surface area contributed by atoms with Crippen molar-refractivity contribution in [1.29, 1.82) is 5.26 Å². The number of nitrogen functional groups attached to an aromatic ring is 1. The van der Waals surface area contributed by atoms with E-state index in [1.54, 1.807) is 41.0 Å². The number of aromatic nitrogens is 2. The summed E-state index contributed by atoms with van der Waals surface area (Å²) in [5.74, 6) is 0.291. The van der Waals surface area contributed by atoms with Crippen LogP contribution < -0.4 is 5.73 Å². The van der Waals surface area contributed by atoms with Crippen LogP contribution in [0, 0.1) is 11.3 Å². The highest BCUT2D eigenvalue weighted by molar-refractivity contribution is 6.34. The van der Waals surface area contributed by atoms with Gasteiger partial charge in [-0.25, -0.2) is 4.98 Å². The van der Waals surface area contributed by atoms with Gasteiger partial charge in [0.15, 0.2) is 0 Å². The average Bonchev–Trinajstić information content (AvgIpc) is 2.76. The van der Waals surface area contributed by atoms with E-state index in [1.807, 2.05) is 0 Å². The van der Waals surface area contributed by atoms with Crippen LogP contribution in [0.15, 0.2) is 36.4 Å². The summed E-state index contributed by atoms with van der Waals surface area (Å²) in [7, 11) is 0. The van der Waals surface area contributed by atoms with Crippen molar-refractivity contribution in [1.82, 2.24) is 9.55 Å². The highest BCUT2D eigenvalue weighted by Crippen LogP contribution is 2.30. The molecule has 6 heteroatoms. The van der Waals surface area contributed by atoms with Gasteiger partial charge in [0.2, 0.25) is 5.95 Å². The van der Waals surface area contributed by atoms with Crippen molar-refractivity contribution >= 4 is 40.2 Å². The molecule has 0 saturated heterocycles. The number of fused-ring (bicyclic) bond motifs is 1. The number of benzene rings is 2. The Labute approximate surface area is 125 Å². The minimum absolute atomic E-state index is 0.291. The molecule has 0 saturated carbocycles. The van der Waals surface area contributed by atoms with E-state index in [1.165, 1.54) is 0 Å². The predicted octanol–water partition coefficient (Wildman–Crippen LogP) is 3.79. The van der Waals surface area contributed by atoms with Crippen LogP contribution in [-0.4, -0.2) is 9.55 Å². The fourth-order valence-corrected chi connectivity index (χ4v) is 2.44. The van der Waals surface area contributed by atoms with Crippen LogP contribution in [0.25, 0.3) is 16.7 Å². The first-order chi connectivity index (χ1) is 9.60. The Kier molecular flexibility index (Phi) is 3.01. The molecule has 0 unspecified atom stereocenters. The lowest BCUT2D eigenvalue weighted by atomic mass is 10.2. The van der Waals surface area contributed by atoms with Gasteiger partial charge < -0.3 is 5.73 Å². The van der Waals surface area contributed by atoms with Crippen molar-refractivity contribution in [3.05, 3.63) is 52.0 Å². The smallest absolute Gasteiger partial charge is 0.205 e. The molecule has 0 fully saturated rings. The van der Waals surface area contributed by atoms with E-state index in [9.17, 15) is 0 Å². The van der Waals surface area contributed by atoms with Crippen molar-refractivity contribution in [3.63, 3.8) is 0 Å². The van der Waals surface area contributed by atoms with Gasteiger partial charge in [-0.05, 0) is 36.4 Å². The van der Waals surface area contributed by atoms with Crippen LogP contribution in [0.4, 0.5) is 5.95 Å². The molecule has 3 rings (SSSR count). The van der Waals surface area contributed by atoms with Gasteiger partial charge >= 0.3 is 0 Å². The monoisotopic (exact) mass is 302 g/mol. The maximum Gasteiger partial charge on any atom is 0.205 e. The normalized spacial score (nSPS) is 10.7. The third-order valence-electron chi connectivity index (χ3n) is 2.96. The summed E-state index contributed by atoms with van der Waals surface area (Å²) in [6, 6.07) is 12.4. The van der Waals surface area contributed by atoms with Gasteiger partial charge in [-0.15, -0.1) is 0 Å². The van der Waals surface area contributed by atoms with Gasteiger partial charge in [0.05, 0.1) is 33.4 Å². The zero-order chi connectivity index (χ0) is 14.3. The third-order valence-corrected chi connectivity index (χ3v) is 3.51. The molecule has 0 aliphatic carbocycles. The minimum Gasteiger partial charge on any atom is -0.369 e. The number of imidazole rings is 1. The summed E-state index contributed by atoms with van der Waals surface area (Å²) < 4.78 is 1.68. The second kappa shape index (κ2) is 4.71. The van der Waals surface area contributed by atoms with E-state index >= 15 is 0 Å². The summed E-state index contributed by atoms with van der Waals surface area (Å²) in [6.45, 7) is 0. The molecule has 0 spiro atoms. The largest absolute Gasteiger partial charge is 0.369 e. The molecule has 0 amide bonds. The molecule has 4 nitrogen and oxygen atoms in total. The number of nitrogens with zero attached hydrogens (tertiary/aromatic N) is 3. The van der Waals surface area contributed by atoms with E-state index in [2.05, 4.69) is 11.1 Å². The molecule has 0 bridgehead atoms. The molecule has 1 aromatic heterocycles. The summed E-state index contributed by atoms with van der Waals surface area (Å²) in [5.41, 5.74) is 8.53. The fourth-order valence-electron chi connectivity index (χ4n) is 2.07. The summed E-state index contributed by atoms with van der Waals surface area (Å²) in [4.78, 5) is 4.27. The summed E-state index contributed by atoms with van der Waals surface area (Å²) in [6.07, 6.45) is 0. The third kappa shape index (κ3) is 1.97. The van der Waals surface area contributed by atoms with Crippen molar-refractivity contribution < 1.29 is 0 Å². The molecule has 3 aromatic rings. The quantitative estimate of drug-likeness (QED) is 0.743. The Balaban J connectivity index is 2.38. The summed E-state index contributed by atoms with van der Waals surface area (Å²) >= 11 is 12.2. The molecular formula is C14H8Cl2N4. The summed E-state index contributed by atoms with van der Waals surface area (Å²) in [5, 5.41) is 10.1. The molecule has 0 aliphatic heterocycles. The number of nitrogens with two attached hydrogens (primary N) is 1. The van der Waals surface area contributed by atoms with Gasteiger partial charge in [-0.1, -0.05) is 23.2 Å². The second-order valence-corrected chi connectivity index (χ2v) is 5.06. The highest BCUT2D eigenvalue weighted by atomic mass is 35.5. The Morgan fingerprint density at radius 3 is 2.70 bits per heavy atom. The number of anilines is 1. The average molecular weight is 303 g/mol. The Bertz CT molecular complexity index is 861. The number of halogens is 2. The first-order valence-electron chi connectivity index (χ1n) is 5.73. The zero-order valence-electron chi connectivity index (χ0n) is 10.1. The van der Waals surface area contributed by atoms with Crippen LogP contribution in [0.1, 0.15) is 5.56 Å². The van der Waals surface area contributed by atoms with Crippen LogP contribution >= 0.6 is 23.2 Å². The van der Waals surface area contributed by atoms with Gasteiger partial charge in [0.1, 0.15) is 0 Å². The SMILES string of the molecule is N#Cc1ccc2nc(N)n(-c3cc(Cl)ccc3Cl)c2c1. The molecule has 2 N–H and O–H groups in total. The van der Waals surface area contributed by atoms with Crippen LogP contribution in [0.2, 0.25) is 10.0 Å². The highest BCUT2D eigenvalue weighted by Gasteiger charge is 2.13. The second-order valence-electron chi connectivity index (χ2n) is 4.22. The van der Waals surface area contributed by atoms with E-state index in [0.717, 1.165) is 0 Å². The van der Waals surface area contributed by atoms with E-state index in [4.69, 9.17) is 34.2 Å². The van der Waals surface area contributed by atoms with Crippen LogP contribution in [-0.2, 0) is 0 Å². The standard InChI is InChI=1S/C14H8Cl2N4/c15-9-2-3-10(16)12(6-9)20-13-5-8(7-17)1-4-11(13)19-14(20)18/h1-6H,(H2,18,19). The van der Waals surface area contributed by atoms with Gasteiger partial charge in [-0.2, -0.15) is 5.26 Å². The minimum atomic E-state index is 0.291. The van der Waals surface area contributed by atoms with Crippen molar-refractivity contribution in [2.24, 2.45) is 0 Å². The van der Waals surface area contributed by atoms with E-state index in [0.29, 0.717) is 38.3 Å². The van der Waals surface area contributed by atoms with Crippen molar-refractivity contribution in [2.45, 2.75) is 0 Å². The molecular weight excluding hydrogens is 295 g/mol. The first-order valence-corrected chi connectivity index (χ1v) is 6.49. The number of hydrogen-bond donors (Lipinski definition) is 1. The molecule has 0 atom stereocenters. The Morgan fingerprint density at radius 2 is 1.95 bits per heavy atom. The molecule has 1 heterocycles. The maximum absolute atomic E-state index is 9.01. The molecule has 2 aromatic carbocycles. The molecule has 0 radical (unpaired) electrons. The van der Waals surface area contributed by atoms with E-state index < -0.39 is 0 Å². The number of nitriles is 1. The number of rotatable bonds is 1. The van der Waals surface area contributed by atoms with Crippen LogP contribution in [0.3, 0.4) is 0 Å². The van der Waals surface area contributed by atoms with E-state index in [-0.39, 0.29) is 0 Å². The first kappa shape index (κ1) is 12.8. The topological polar surface area (TPSA) is 67.6 Å². The van der Waals surface area contributed by atoms with Gasteiger partial charge in [-0.3, -0.25) is 4.57 Å².